The minimum Gasteiger partial charge on any atom is -0.322 e. The summed E-state index contributed by atoms with van der Waals surface area (Å²) >= 11 is 0.379. The van der Waals surface area contributed by atoms with Crippen molar-refractivity contribution in [3.8, 4) is 0 Å². The second kappa shape index (κ2) is 11.9. The maximum absolute atomic E-state index is 15.2. The van der Waals surface area contributed by atoms with Gasteiger partial charge in [-0.1, -0.05) is 19.9 Å². The van der Waals surface area contributed by atoms with Gasteiger partial charge in [-0.25, -0.2) is 14.6 Å². The molecule has 0 fully saturated rings. The van der Waals surface area contributed by atoms with E-state index in [4.69, 9.17) is 11.7 Å². The van der Waals surface area contributed by atoms with Crippen molar-refractivity contribution in [1.82, 2.24) is 9.99 Å². The number of hydrogen-bond donors (Lipinski definition) is 2. The Labute approximate surface area is 184 Å². The van der Waals surface area contributed by atoms with Gasteiger partial charge < -0.3 is 5.84 Å². The number of nitrogens with zero attached hydrogens (tertiary/aromatic N) is 3. The average molecular weight is 485 g/mol. The van der Waals surface area contributed by atoms with E-state index in [0.717, 1.165) is 36.8 Å². The van der Waals surface area contributed by atoms with Gasteiger partial charge in [0.2, 0.25) is 0 Å². The van der Waals surface area contributed by atoms with Crippen LogP contribution in [0.2, 0.25) is 0 Å². The Morgan fingerprint density at radius 2 is 1.78 bits per heavy atom. The highest BCUT2D eigenvalue weighted by atomic mass is 32.2. The number of nitrogens with two attached hydrogens (primary N) is 2. The number of halogens is 7. The van der Waals surface area contributed by atoms with E-state index in [1.807, 2.05) is 13.8 Å². The smallest absolute Gasteiger partial charge is 0.322 e. The molecule has 1 unspecified atom stereocenters. The van der Waals surface area contributed by atoms with E-state index in [1.165, 1.54) is 0 Å². The number of alkyl halides is 5. The molecule has 0 aliphatic carbocycles. The minimum atomic E-state index is -4.44. The Morgan fingerprint density at radius 1 is 1.12 bits per heavy atom. The Balaban J connectivity index is 0.00000249. The van der Waals surface area contributed by atoms with Crippen molar-refractivity contribution >= 4 is 18.1 Å². The molecule has 0 amide bonds. The summed E-state index contributed by atoms with van der Waals surface area (Å²) in [5, 5.41) is 3.78. The number of aromatic nitrogens is 1. The summed E-state index contributed by atoms with van der Waals surface area (Å²) in [5.41, 5.74) is -1.37. The van der Waals surface area contributed by atoms with Gasteiger partial charge in [-0.15, -0.1) is 11.8 Å². The Hall–Kier alpha value is -2.54. The number of hydrazine groups is 1. The van der Waals surface area contributed by atoms with E-state index in [0.29, 0.717) is 22.8 Å². The van der Waals surface area contributed by atoms with E-state index in [-0.39, 0.29) is 4.90 Å². The van der Waals surface area contributed by atoms with Crippen LogP contribution in [0.3, 0.4) is 0 Å². The van der Waals surface area contributed by atoms with Crippen LogP contribution in [0.25, 0.3) is 0 Å². The topological polar surface area (TPSA) is 80.5 Å². The zero-order valence-corrected chi connectivity index (χ0v) is 17.9. The molecule has 4 N–H and O–H groups in total. The van der Waals surface area contributed by atoms with Crippen molar-refractivity contribution in [3.63, 3.8) is 0 Å². The Kier molecular flexibility index (Phi) is 10.2. The standard InChI is InChI=1S/C17H16F7N5S.C2H6/c18-10-1-3-12(14(19)5-10)13(7-29(26)9-28-25)17(23,24)15-4-2-11(6-27-15)30-8-16(20,21)22;1-2/h1-6,9,13H,7-8,25-26H2;1-2H3/b28-9-;. The second-order valence-corrected chi connectivity index (χ2v) is 7.13. The van der Waals surface area contributed by atoms with Crippen LogP contribution in [0.15, 0.2) is 46.5 Å². The van der Waals surface area contributed by atoms with Gasteiger partial charge in [0.25, 0.3) is 5.92 Å². The summed E-state index contributed by atoms with van der Waals surface area (Å²) < 4.78 is 94.8. The molecule has 0 aliphatic rings. The third-order valence-electron chi connectivity index (χ3n) is 3.86. The van der Waals surface area contributed by atoms with Crippen LogP contribution < -0.4 is 11.7 Å². The van der Waals surface area contributed by atoms with Crippen molar-refractivity contribution in [1.29, 1.82) is 0 Å². The molecular formula is C19H22F7N5S. The SMILES string of the molecule is CC.N/N=C\N(N)CC(c1ccc(F)cc1F)C(F)(F)c1ccc(SCC(F)(F)F)cn1. The third kappa shape index (κ3) is 7.86. The molecule has 32 heavy (non-hydrogen) atoms. The Bertz CT molecular complexity index is 875. The normalized spacial score (nSPS) is 12.9. The molecule has 2 aromatic rings. The van der Waals surface area contributed by atoms with E-state index in [2.05, 4.69) is 10.1 Å². The molecule has 178 valence electrons. The molecule has 13 heteroatoms. The van der Waals surface area contributed by atoms with Crippen LogP contribution in [0.4, 0.5) is 30.7 Å². The molecule has 1 aromatic carbocycles. The van der Waals surface area contributed by atoms with Crippen molar-refractivity contribution < 1.29 is 30.7 Å². The first-order valence-electron chi connectivity index (χ1n) is 9.17. The van der Waals surface area contributed by atoms with Gasteiger partial charge in [0.1, 0.15) is 23.7 Å². The molecular weight excluding hydrogens is 463 g/mol. The molecule has 2 rings (SSSR count). The zero-order chi connectivity index (χ0) is 24.5. The molecule has 0 radical (unpaired) electrons. The predicted molar refractivity (Wildman–Crippen MR) is 109 cm³/mol. The van der Waals surface area contributed by atoms with Crippen LogP contribution >= 0.6 is 11.8 Å². The quantitative estimate of drug-likeness (QED) is 0.138. The lowest BCUT2D eigenvalue weighted by molar-refractivity contribution is -0.105. The molecule has 0 aliphatic heterocycles. The fourth-order valence-electron chi connectivity index (χ4n) is 2.54. The lowest BCUT2D eigenvalue weighted by atomic mass is 9.89. The number of pyridine rings is 1. The van der Waals surface area contributed by atoms with Gasteiger partial charge in [0, 0.05) is 23.7 Å². The van der Waals surface area contributed by atoms with Crippen LogP contribution in [-0.2, 0) is 5.92 Å². The molecule has 0 saturated heterocycles. The highest BCUT2D eigenvalue weighted by molar-refractivity contribution is 7.99. The molecule has 1 aromatic heterocycles. The van der Waals surface area contributed by atoms with E-state index >= 15 is 8.78 Å². The van der Waals surface area contributed by atoms with E-state index in [1.54, 1.807) is 0 Å². The summed E-state index contributed by atoms with van der Waals surface area (Å²) in [6, 6.07) is 3.99. The van der Waals surface area contributed by atoms with E-state index < -0.39 is 53.2 Å². The Morgan fingerprint density at radius 3 is 2.28 bits per heavy atom. The number of benzene rings is 1. The summed E-state index contributed by atoms with van der Waals surface area (Å²) in [6.07, 6.45) is -2.75. The fourth-order valence-corrected chi connectivity index (χ4v) is 3.16. The van der Waals surface area contributed by atoms with Crippen LogP contribution in [0, 0.1) is 11.6 Å². The summed E-state index contributed by atoms with van der Waals surface area (Å²) in [6.45, 7) is 3.32. The molecule has 5 nitrogen and oxygen atoms in total. The van der Waals surface area contributed by atoms with Crippen molar-refractivity contribution in [2.24, 2.45) is 16.8 Å². The lowest BCUT2D eigenvalue weighted by Crippen LogP contribution is -2.40. The van der Waals surface area contributed by atoms with E-state index in [9.17, 15) is 22.0 Å². The van der Waals surface area contributed by atoms with Crippen LogP contribution in [-0.4, -0.2) is 34.8 Å². The fraction of sp³-hybridized carbons (Fsp3) is 0.368. The van der Waals surface area contributed by atoms with Crippen LogP contribution in [0.5, 0.6) is 0 Å². The molecule has 0 bridgehead atoms. The van der Waals surface area contributed by atoms with Gasteiger partial charge in [-0.05, 0) is 23.8 Å². The summed E-state index contributed by atoms with van der Waals surface area (Å²) in [4.78, 5) is 3.57. The first-order valence-corrected chi connectivity index (χ1v) is 10.2. The van der Waals surface area contributed by atoms with Crippen molar-refractivity contribution in [2.45, 2.75) is 36.8 Å². The maximum atomic E-state index is 15.2. The van der Waals surface area contributed by atoms with Gasteiger partial charge in [0.05, 0.1) is 11.7 Å². The van der Waals surface area contributed by atoms with Crippen LogP contribution in [0.1, 0.15) is 31.0 Å². The van der Waals surface area contributed by atoms with Gasteiger partial charge in [-0.3, -0.25) is 9.99 Å². The molecule has 0 spiro atoms. The monoisotopic (exact) mass is 485 g/mol. The third-order valence-corrected chi connectivity index (χ3v) is 4.91. The maximum Gasteiger partial charge on any atom is 0.398 e. The predicted octanol–water partition coefficient (Wildman–Crippen LogP) is 4.99. The number of rotatable bonds is 8. The minimum absolute atomic E-state index is 0.0205. The number of hydrazone groups is 1. The zero-order valence-electron chi connectivity index (χ0n) is 17.1. The number of hydrogen-bond acceptors (Lipinski definition) is 5. The summed E-state index contributed by atoms with van der Waals surface area (Å²) in [5.74, 6) is 1.28. The summed E-state index contributed by atoms with van der Waals surface area (Å²) in [7, 11) is 0. The molecule has 1 atom stereocenters. The van der Waals surface area contributed by atoms with Crippen molar-refractivity contribution in [2.75, 3.05) is 12.3 Å². The van der Waals surface area contributed by atoms with Gasteiger partial charge in [0.15, 0.2) is 0 Å². The molecule has 1 heterocycles. The van der Waals surface area contributed by atoms with Crippen molar-refractivity contribution in [3.05, 3.63) is 59.4 Å². The van der Waals surface area contributed by atoms with Gasteiger partial charge in [-0.2, -0.15) is 27.1 Å². The first kappa shape index (κ1) is 27.5. The van der Waals surface area contributed by atoms with Gasteiger partial charge >= 0.3 is 6.18 Å². The first-order chi connectivity index (χ1) is 14.9. The average Bonchev–Trinajstić information content (AvgIpc) is 2.72. The highest BCUT2D eigenvalue weighted by Gasteiger charge is 2.45. The lowest BCUT2D eigenvalue weighted by Gasteiger charge is -2.29. The number of thioether (sulfide) groups is 1. The largest absolute Gasteiger partial charge is 0.398 e. The second-order valence-electron chi connectivity index (χ2n) is 6.09. The molecule has 0 saturated carbocycles. The highest BCUT2D eigenvalue weighted by Crippen LogP contribution is 2.43.